The van der Waals surface area contributed by atoms with Crippen LogP contribution in [0.3, 0.4) is 0 Å². The molecule has 5 aliphatic rings. The van der Waals surface area contributed by atoms with Crippen molar-refractivity contribution in [2.45, 2.75) is 240 Å². The van der Waals surface area contributed by atoms with E-state index in [4.69, 9.17) is 174 Å². The van der Waals surface area contributed by atoms with Gasteiger partial charge in [0.15, 0.2) is 61.8 Å². The molecule has 4 aromatic carbocycles. The van der Waals surface area contributed by atoms with Gasteiger partial charge in [0, 0.05) is 65.2 Å². The van der Waals surface area contributed by atoms with Crippen LogP contribution in [-0.2, 0) is 162 Å². The molecule has 39 nitrogen and oxygen atoms in total. The number of nitrogens with one attached hydrogen (secondary N) is 2. The Morgan fingerprint density at radius 2 is 0.760 bits per heavy atom. The molecule has 25 atom stereocenters. The Balaban J connectivity index is 1.29. The van der Waals surface area contributed by atoms with Crippen molar-refractivity contribution in [1.82, 2.24) is 10.6 Å². The van der Waals surface area contributed by atoms with E-state index in [0.717, 1.165) is 61.0 Å². The van der Waals surface area contributed by atoms with Crippen molar-refractivity contribution in [3.8, 4) is 0 Å². The van der Waals surface area contributed by atoms with Gasteiger partial charge in [-0.25, -0.2) is 9.59 Å². The lowest BCUT2D eigenvalue weighted by Gasteiger charge is -2.52. The third-order valence-electron chi connectivity index (χ3n) is 18.8. The fourth-order valence-corrected chi connectivity index (χ4v) is 15.2. The molecule has 5 fully saturated rings. The molecule has 0 aromatic heterocycles. The predicted octanol–water partition coefficient (Wildman–Crippen LogP) is 7.64. The maximum absolute atomic E-state index is 14.5. The lowest BCUT2D eigenvalue weighted by molar-refractivity contribution is -0.400. The van der Waals surface area contributed by atoms with Crippen molar-refractivity contribution in [3.63, 3.8) is 0 Å². The van der Waals surface area contributed by atoms with Gasteiger partial charge in [-0.15, -0.1) is 0 Å². The van der Waals surface area contributed by atoms with Gasteiger partial charge in [0.1, 0.15) is 118 Å². The zero-order valence-electron chi connectivity index (χ0n) is 68.0. The molecule has 4 N–H and O–H groups in total. The highest BCUT2D eigenvalue weighted by Gasteiger charge is 2.62. The summed E-state index contributed by atoms with van der Waals surface area (Å²) < 4.78 is 134. The Hall–Kier alpha value is -7.98. The number of amides is 2. The van der Waals surface area contributed by atoms with Crippen LogP contribution < -0.4 is 10.6 Å². The fourth-order valence-electron chi connectivity index (χ4n) is 13.7. The fraction of sp³-hybridized carbons (Fsp3) is 0.570. The summed E-state index contributed by atoms with van der Waals surface area (Å²) >= 11 is 37.4. The highest BCUT2D eigenvalue weighted by Crippen LogP contribution is 2.44. The number of halogens is 6. The minimum Gasteiger partial charge on any atom is -0.463 e. The molecule has 0 saturated carbocycles. The van der Waals surface area contributed by atoms with Gasteiger partial charge in [-0.3, -0.25) is 38.4 Å². The first kappa shape index (κ1) is 101. The van der Waals surface area contributed by atoms with Gasteiger partial charge in [0.05, 0.1) is 39.1 Å². The van der Waals surface area contributed by atoms with E-state index in [1.54, 1.807) is 78.9 Å². The zero-order valence-corrected chi connectivity index (χ0v) is 73.4. The van der Waals surface area contributed by atoms with Gasteiger partial charge < -0.3 is 125 Å². The number of benzene rings is 4. The van der Waals surface area contributed by atoms with E-state index in [1.807, 2.05) is 42.5 Å². The minimum atomic E-state index is -2.47. The lowest BCUT2D eigenvalue weighted by atomic mass is 9.93. The molecule has 0 unspecified atom stereocenters. The first-order valence-electron chi connectivity index (χ1n) is 38.6. The molecule has 125 heavy (non-hydrogen) atoms. The van der Waals surface area contributed by atoms with Crippen LogP contribution in [0, 0.1) is 0 Å². The largest absolute Gasteiger partial charge is 0.463 e. The number of hydrogen-bond acceptors (Lipinski definition) is 36. The molecule has 0 radical (unpaired) electrons. The molecule has 2 amide bonds. The van der Waals surface area contributed by atoms with Crippen LogP contribution in [0.2, 0.25) is 0 Å². The molecular weight excluding hydrogens is 1810 g/mol. The van der Waals surface area contributed by atoms with Crippen LogP contribution in [0.5, 0.6) is 0 Å². The molecule has 9 rings (SSSR count). The SMILES string of the molecule is CC(=O)OC[C@H]1O[C@H](O[C@H]2[C@H](O)[C@@H](CO)O[C@@H](O[C@H]3[C@H](OCc4ccccc4)[C@@H](N=[N+]=[N-])[C@H](Sc4ccccc4)O[C@@H]3COCc3ccccc3)[C@H]2OCc2ccccc2)[C@@H](O[C@@H]2O[C@H](COC(C)=O)[C@@H](OC(C)=O)[C@H](OC(C)=O)[C@H]2NC(=O)OCC(Cl)(Cl)Cl)[C@@H](OC(C)=O)[C@@H]1O[C@@H]1O[C@H](COC(C)=O)[C@@H](OC(C)=O)[C@H](OC(C)=O)[C@H]1NC(=O)OCC(Cl)(Cl)Cl. The van der Waals surface area contributed by atoms with Crippen LogP contribution >= 0.6 is 81.4 Å². The number of ether oxygens (including phenoxy) is 22. The second-order valence-corrected chi connectivity index (χ2v) is 34.6. The number of nitrogens with zero attached hydrogens (tertiary/aromatic N) is 3. The van der Waals surface area contributed by atoms with Crippen LogP contribution in [-0.4, -0.2) is 276 Å². The molecule has 4 aromatic rings. The first-order chi connectivity index (χ1) is 59.4. The van der Waals surface area contributed by atoms with Gasteiger partial charge in [0.25, 0.3) is 0 Å². The number of alkyl halides is 6. The standard InChI is InChI=1S/C79H93Cl6N5O34S/c1-39(92)104-34-53-61(111-42(4)95)65(113-44(6)97)56(87-76(101)109-37-78(80,81)82)71(117-53)121-63-55(36-106-41(3)94)119-74(70(68(63)115-46(8)99)124-72-57(88-77(102)110-38-79(83,84)85)66(114-45(7)98)62(112-43(5)96)54(118-72)35-105-40(2)93)123-67-59(100)51(29-91)116-73(69(67)108-32-49-25-17-11-18-26-49)122-60-52(33-103-30-47-21-13-9-14-22-47)120-75(125-50-27-19-12-20-28-50)58(89-90-86)64(60)107-31-48-23-15-10-16-24-48/h9-28,51-75,91,100H,29-38H2,1-8H3,(H,87,101)(H,88,102)/t51-,52-,53-,54-,55-,56-,57-,58-,59-,60-,61-,62-,63-,64-,65-,66-,67+,68+,69+,70+,71+,72+,73+,74-,75+/m1/s1. The Morgan fingerprint density at radius 3 is 1.18 bits per heavy atom. The van der Waals surface area contributed by atoms with E-state index < -0.39 is 266 Å². The average molecular weight is 1900 g/mol. The van der Waals surface area contributed by atoms with E-state index in [0.29, 0.717) is 16.0 Å². The average Bonchev–Trinajstić information content (AvgIpc) is 0.752. The summed E-state index contributed by atoms with van der Waals surface area (Å²) in [5, 5.41) is 33.9. The summed E-state index contributed by atoms with van der Waals surface area (Å²) in [5.41, 5.74) is 11.3. The summed E-state index contributed by atoms with van der Waals surface area (Å²) in [6.07, 6.45) is -45.2. The number of rotatable bonds is 37. The number of aliphatic hydroxyl groups excluding tert-OH is 2. The van der Waals surface area contributed by atoms with Crippen LogP contribution in [0.1, 0.15) is 72.1 Å². The number of azide groups is 1. The highest BCUT2D eigenvalue weighted by atomic mass is 35.6. The summed E-state index contributed by atoms with van der Waals surface area (Å²) in [6.45, 7) is 0.679. The number of carbonyl (C=O) groups is 10. The second kappa shape index (κ2) is 48.4. The van der Waals surface area contributed by atoms with Crippen molar-refractivity contribution in [3.05, 3.63) is 148 Å². The topological polar surface area (TPSA) is 487 Å². The van der Waals surface area contributed by atoms with Gasteiger partial charge >= 0.3 is 59.9 Å². The van der Waals surface area contributed by atoms with E-state index >= 15 is 0 Å². The number of carbonyl (C=O) groups excluding carboxylic acids is 10. The van der Waals surface area contributed by atoms with Crippen LogP contribution in [0.15, 0.2) is 131 Å². The summed E-state index contributed by atoms with van der Waals surface area (Å²) in [6, 6.07) is 29.8. The second-order valence-electron chi connectivity index (χ2n) is 28.4. The van der Waals surface area contributed by atoms with Gasteiger partial charge in [-0.05, 0) is 34.4 Å². The van der Waals surface area contributed by atoms with Crippen LogP contribution in [0.4, 0.5) is 9.59 Å². The summed E-state index contributed by atoms with van der Waals surface area (Å²) in [5.74, 6) is -8.71. The Kier molecular flexibility index (Phi) is 39.0. The molecule has 0 spiro atoms. The molecule has 46 heteroatoms. The quantitative estimate of drug-likeness (QED) is 0.00841. The Morgan fingerprint density at radius 1 is 0.408 bits per heavy atom. The van der Waals surface area contributed by atoms with Crippen molar-refractivity contribution >= 4 is 141 Å². The van der Waals surface area contributed by atoms with Gasteiger partial charge in [-0.2, -0.15) is 0 Å². The third kappa shape index (κ3) is 31.2. The smallest absolute Gasteiger partial charge is 0.407 e. The monoisotopic (exact) mass is 1900 g/mol. The molecule has 5 heterocycles. The molecule has 686 valence electrons. The van der Waals surface area contributed by atoms with Crippen molar-refractivity contribution < 1.29 is 162 Å². The number of alkyl carbamates (subject to hydrolysis) is 2. The van der Waals surface area contributed by atoms with Gasteiger partial charge in [0.2, 0.25) is 7.59 Å². The molecule has 0 aliphatic carbocycles. The van der Waals surface area contributed by atoms with Gasteiger partial charge in [-0.1, -0.05) is 196 Å². The highest BCUT2D eigenvalue weighted by molar-refractivity contribution is 7.99. The third-order valence-corrected chi connectivity index (χ3v) is 20.6. The molecular formula is C79H93Cl6N5O34S. The molecule has 5 aliphatic heterocycles. The van der Waals surface area contributed by atoms with E-state index in [-0.39, 0.29) is 19.8 Å². The Labute approximate surface area is 750 Å². The maximum Gasteiger partial charge on any atom is 0.407 e. The number of thioether (sulfide) groups is 1. The molecule has 0 bridgehead atoms. The normalized spacial score (nSPS) is 29.8. The lowest BCUT2D eigenvalue weighted by Crippen LogP contribution is -2.72. The van der Waals surface area contributed by atoms with Crippen molar-refractivity contribution in [2.75, 3.05) is 46.2 Å². The van der Waals surface area contributed by atoms with Crippen LogP contribution in [0.25, 0.3) is 10.4 Å². The summed E-state index contributed by atoms with van der Waals surface area (Å²) in [4.78, 5) is 139. The maximum atomic E-state index is 14.5. The number of hydrogen-bond donors (Lipinski definition) is 4. The van der Waals surface area contributed by atoms with Crippen molar-refractivity contribution in [2.24, 2.45) is 5.11 Å². The number of aliphatic hydroxyl groups is 2. The predicted molar refractivity (Wildman–Crippen MR) is 432 cm³/mol. The minimum absolute atomic E-state index is 0.00878. The summed E-state index contributed by atoms with van der Waals surface area (Å²) in [7, 11) is 0. The zero-order chi connectivity index (χ0) is 90.8. The van der Waals surface area contributed by atoms with E-state index in [9.17, 15) is 63.7 Å². The van der Waals surface area contributed by atoms with E-state index in [1.165, 1.54) is 11.8 Å². The van der Waals surface area contributed by atoms with E-state index in [2.05, 4.69) is 20.7 Å². The number of esters is 8. The molecule has 5 saturated heterocycles. The first-order valence-corrected chi connectivity index (χ1v) is 41.7. The Bertz CT molecular complexity index is 4260. The van der Waals surface area contributed by atoms with Crippen molar-refractivity contribution in [1.29, 1.82) is 0 Å².